The average molecular weight is 302 g/mol. The predicted octanol–water partition coefficient (Wildman–Crippen LogP) is 2.38. The molecule has 0 radical (unpaired) electrons. The molecule has 0 saturated carbocycles. The van der Waals surface area contributed by atoms with E-state index in [1.54, 1.807) is 0 Å². The van der Waals surface area contributed by atoms with Crippen LogP contribution in [0.2, 0.25) is 0 Å². The van der Waals surface area contributed by atoms with Crippen LogP contribution in [-0.4, -0.2) is 36.4 Å². The lowest BCUT2D eigenvalue weighted by atomic mass is 10.1. The smallest absolute Gasteiger partial charge is 0.246 e. The summed E-state index contributed by atoms with van der Waals surface area (Å²) in [7, 11) is 0. The number of nitrogens with zero attached hydrogens (tertiary/aromatic N) is 2. The number of likely N-dealkylation sites (tertiary alicyclic amines) is 1. The molecule has 0 bridgehead atoms. The Balaban J connectivity index is 1.86. The van der Waals surface area contributed by atoms with Crippen molar-refractivity contribution in [1.29, 1.82) is 0 Å². The Kier molecular flexibility index (Phi) is 6.25. The number of aryl methyl sites for hydroxylation is 1. The highest BCUT2D eigenvalue weighted by Crippen LogP contribution is 2.11. The highest BCUT2D eigenvalue weighted by molar-refractivity contribution is 5.93. The molecule has 2 rings (SSSR count). The molecule has 1 aromatic carbocycles. The van der Waals surface area contributed by atoms with Crippen LogP contribution in [0.1, 0.15) is 38.2 Å². The van der Waals surface area contributed by atoms with Gasteiger partial charge in [0.25, 0.3) is 0 Å². The molecule has 1 saturated heterocycles. The first-order valence-electron chi connectivity index (χ1n) is 8.12. The Morgan fingerprint density at radius 2 is 2.00 bits per heavy atom. The second-order valence-electron chi connectivity index (χ2n) is 5.68. The van der Waals surface area contributed by atoms with Gasteiger partial charge in [-0.3, -0.25) is 4.79 Å². The molecule has 1 aliphatic heterocycles. The van der Waals surface area contributed by atoms with Crippen molar-refractivity contribution < 1.29 is 4.79 Å². The van der Waals surface area contributed by atoms with Crippen LogP contribution in [0.15, 0.2) is 29.3 Å². The van der Waals surface area contributed by atoms with Gasteiger partial charge < -0.3 is 16.0 Å². The molecular formula is C17H26N4O. The van der Waals surface area contributed by atoms with E-state index in [-0.39, 0.29) is 12.5 Å². The van der Waals surface area contributed by atoms with E-state index in [1.165, 1.54) is 18.4 Å². The van der Waals surface area contributed by atoms with Gasteiger partial charge in [-0.25, -0.2) is 4.99 Å². The summed E-state index contributed by atoms with van der Waals surface area (Å²) in [6.45, 7) is 4.04. The first-order valence-corrected chi connectivity index (χ1v) is 8.12. The van der Waals surface area contributed by atoms with Gasteiger partial charge in [0.05, 0.1) is 0 Å². The van der Waals surface area contributed by atoms with E-state index in [2.05, 4.69) is 22.1 Å². The minimum absolute atomic E-state index is 0.0681. The van der Waals surface area contributed by atoms with Crippen LogP contribution in [-0.2, 0) is 11.2 Å². The Hall–Kier alpha value is -2.04. The molecule has 1 aromatic rings. The van der Waals surface area contributed by atoms with Crippen molar-refractivity contribution in [2.75, 3.05) is 25.0 Å². The zero-order valence-electron chi connectivity index (χ0n) is 13.3. The molecule has 0 aromatic heterocycles. The first kappa shape index (κ1) is 16.3. The summed E-state index contributed by atoms with van der Waals surface area (Å²) in [6, 6.07) is 7.87. The first-order chi connectivity index (χ1) is 10.7. The lowest BCUT2D eigenvalue weighted by Gasteiger charge is -2.20. The number of nitrogens with one attached hydrogen (secondary N) is 1. The normalized spacial score (nSPS) is 16.2. The van der Waals surface area contributed by atoms with Gasteiger partial charge in [0.1, 0.15) is 6.54 Å². The summed E-state index contributed by atoms with van der Waals surface area (Å²) in [6.07, 6.45) is 5.73. The number of carbonyl (C=O) groups is 1. The van der Waals surface area contributed by atoms with E-state index >= 15 is 0 Å². The molecule has 1 fully saturated rings. The predicted molar refractivity (Wildman–Crippen MR) is 91.0 cm³/mol. The molecule has 5 nitrogen and oxygen atoms in total. The number of rotatable bonds is 4. The van der Waals surface area contributed by atoms with Crippen molar-refractivity contribution in [2.24, 2.45) is 10.7 Å². The van der Waals surface area contributed by atoms with Crippen molar-refractivity contribution in [3.8, 4) is 0 Å². The molecule has 120 valence electrons. The number of hydrogen-bond donors (Lipinski definition) is 2. The lowest BCUT2D eigenvalue weighted by molar-refractivity contribution is -0.114. The summed E-state index contributed by atoms with van der Waals surface area (Å²) in [5.41, 5.74) is 8.01. The number of guanidine groups is 1. The number of nitrogens with two attached hydrogens (primary N) is 1. The zero-order valence-corrected chi connectivity index (χ0v) is 13.3. The van der Waals surface area contributed by atoms with E-state index in [0.29, 0.717) is 5.96 Å². The number of hydrogen-bond acceptors (Lipinski definition) is 2. The number of benzene rings is 1. The van der Waals surface area contributed by atoms with Gasteiger partial charge in [0.2, 0.25) is 5.91 Å². The second-order valence-corrected chi connectivity index (χ2v) is 5.68. The molecule has 1 heterocycles. The standard InChI is InChI=1S/C17H26N4O/c1-2-14-8-7-9-15(12-14)20-16(22)13-19-17(18)21-10-5-3-4-6-11-21/h7-9,12H,2-6,10-11,13H2,1H3,(H2,18,19)(H,20,22). The van der Waals surface area contributed by atoms with Crippen LogP contribution >= 0.6 is 0 Å². The SMILES string of the molecule is CCc1cccc(NC(=O)CN=C(N)N2CCCCCC2)c1. The third kappa shape index (κ3) is 5.06. The minimum atomic E-state index is -0.133. The van der Waals surface area contributed by atoms with Crippen molar-refractivity contribution in [2.45, 2.75) is 39.0 Å². The van der Waals surface area contributed by atoms with Gasteiger partial charge in [0, 0.05) is 18.8 Å². The molecular weight excluding hydrogens is 276 g/mol. The highest BCUT2D eigenvalue weighted by atomic mass is 16.1. The van der Waals surface area contributed by atoms with Crippen LogP contribution in [0.25, 0.3) is 0 Å². The maximum atomic E-state index is 12.0. The number of aliphatic imine (C=N–C) groups is 1. The van der Waals surface area contributed by atoms with Gasteiger partial charge in [-0.1, -0.05) is 31.9 Å². The third-order valence-electron chi connectivity index (χ3n) is 3.93. The Labute approximate surface area is 132 Å². The molecule has 1 amide bonds. The van der Waals surface area contributed by atoms with E-state index in [4.69, 9.17) is 5.73 Å². The monoisotopic (exact) mass is 302 g/mol. The molecule has 5 heteroatoms. The summed E-state index contributed by atoms with van der Waals surface area (Å²) < 4.78 is 0. The Morgan fingerprint density at radius 3 is 2.68 bits per heavy atom. The third-order valence-corrected chi connectivity index (χ3v) is 3.93. The number of amides is 1. The molecule has 0 unspecified atom stereocenters. The van der Waals surface area contributed by atoms with Crippen LogP contribution < -0.4 is 11.1 Å². The van der Waals surface area contributed by atoms with E-state index in [1.807, 2.05) is 24.3 Å². The van der Waals surface area contributed by atoms with Gasteiger partial charge in [-0.15, -0.1) is 0 Å². The lowest BCUT2D eigenvalue weighted by Crippen LogP contribution is -2.38. The Bertz CT molecular complexity index is 519. The fourth-order valence-electron chi connectivity index (χ4n) is 2.62. The molecule has 0 spiro atoms. The number of carbonyl (C=O) groups excluding carboxylic acids is 1. The van der Waals surface area contributed by atoms with E-state index < -0.39 is 0 Å². The molecule has 3 N–H and O–H groups in total. The van der Waals surface area contributed by atoms with Gasteiger partial charge in [-0.05, 0) is 37.0 Å². The number of anilines is 1. The van der Waals surface area contributed by atoms with Crippen molar-refractivity contribution in [3.63, 3.8) is 0 Å². The van der Waals surface area contributed by atoms with Crippen LogP contribution in [0, 0.1) is 0 Å². The zero-order chi connectivity index (χ0) is 15.8. The van der Waals surface area contributed by atoms with Gasteiger partial charge in [-0.2, -0.15) is 0 Å². The summed E-state index contributed by atoms with van der Waals surface area (Å²) >= 11 is 0. The summed E-state index contributed by atoms with van der Waals surface area (Å²) in [5, 5.41) is 2.87. The molecule has 1 aliphatic rings. The van der Waals surface area contributed by atoms with Crippen molar-refractivity contribution in [1.82, 2.24) is 4.90 Å². The molecule has 0 atom stereocenters. The quantitative estimate of drug-likeness (QED) is 0.662. The fraction of sp³-hybridized carbons (Fsp3) is 0.529. The largest absolute Gasteiger partial charge is 0.370 e. The van der Waals surface area contributed by atoms with Gasteiger partial charge in [0.15, 0.2) is 5.96 Å². The van der Waals surface area contributed by atoms with E-state index in [0.717, 1.165) is 38.0 Å². The van der Waals surface area contributed by atoms with Gasteiger partial charge >= 0.3 is 0 Å². The maximum Gasteiger partial charge on any atom is 0.246 e. The van der Waals surface area contributed by atoms with Crippen molar-refractivity contribution in [3.05, 3.63) is 29.8 Å². The molecule has 22 heavy (non-hydrogen) atoms. The van der Waals surface area contributed by atoms with Crippen LogP contribution in [0.4, 0.5) is 5.69 Å². The fourth-order valence-corrected chi connectivity index (χ4v) is 2.62. The molecule has 0 aliphatic carbocycles. The van der Waals surface area contributed by atoms with E-state index in [9.17, 15) is 4.79 Å². The van der Waals surface area contributed by atoms with Crippen molar-refractivity contribution >= 4 is 17.6 Å². The average Bonchev–Trinajstić information content (AvgIpc) is 2.82. The Morgan fingerprint density at radius 1 is 1.27 bits per heavy atom. The maximum absolute atomic E-state index is 12.0. The minimum Gasteiger partial charge on any atom is -0.370 e. The highest BCUT2D eigenvalue weighted by Gasteiger charge is 2.11. The summed E-state index contributed by atoms with van der Waals surface area (Å²) in [5.74, 6) is 0.352. The van der Waals surface area contributed by atoms with Crippen LogP contribution in [0.3, 0.4) is 0 Å². The summed E-state index contributed by atoms with van der Waals surface area (Å²) in [4.78, 5) is 18.3. The second kappa shape index (κ2) is 8.41. The van der Waals surface area contributed by atoms with Crippen LogP contribution in [0.5, 0.6) is 0 Å². The topological polar surface area (TPSA) is 70.7 Å².